The Morgan fingerprint density at radius 3 is 2.90 bits per heavy atom. The minimum atomic E-state index is -0.509. The van der Waals surface area contributed by atoms with Gasteiger partial charge in [0.05, 0.1) is 12.2 Å². The molecule has 0 saturated heterocycles. The van der Waals surface area contributed by atoms with Gasteiger partial charge in [-0.2, -0.15) is 4.98 Å². The lowest BCUT2D eigenvalue weighted by Crippen LogP contribution is -2.23. The Morgan fingerprint density at radius 2 is 2.06 bits per heavy atom. The molecule has 1 fully saturated rings. The number of anilines is 2. The zero-order valence-electron chi connectivity index (χ0n) is 16.7. The smallest absolute Gasteiger partial charge is 0.278 e. The summed E-state index contributed by atoms with van der Waals surface area (Å²) in [6.45, 7) is 1.83. The molecular formula is C22H20FN7O. The maximum atomic E-state index is 14.6. The predicted octanol–water partition coefficient (Wildman–Crippen LogP) is 2.84. The number of pyridine rings is 1. The molecule has 0 spiro atoms. The van der Waals surface area contributed by atoms with Crippen molar-refractivity contribution in [3.63, 3.8) is 0 Å². The molecule has 0 amide bonds. The van der Waals surface area contributed by atoms with Crippen LogP contribution in [0.3, 0.4) is 0 Å². The molecule has 2 aliphatic rings. The van der Waals surface area contributed by atoms with Gasteiger partial charge in [0, 0.05) is 24.6 Å². The zero-order chi connectivity index (χ0) is 20.9. The van der Waals surface area contributed by atoms with Crippen molar-refractivity contribution in [2.75, 3.05) is 11.9 Å². The fourth-order valence-corrected chi connectivity index (χ4v) is 4.16. The summed E-state index contributed by atoms with van der Waals surface area (Å²) in [7, 11) is 0. The number of aromatic nitrogens is 5. The molecule has 0 unspecified atom stereocenters. The highest BCUT2D eigenvalue weighted by molar-refractivity contribution is 5.77. The summed E-state index contributed by atoms with van der Waals surface area (Å²) in [6.07, 6.45) is 6.90. The second-order valence-electron chi connectivity index (χ2n) is 7.99. The quantitative estimate of drug-likeness (QED) is 0.531. The maximum Gasteiger partial charge on any atom is 0.278 e. The van der Waals surface area contributed by atoms with Gasteiger partial charge >= 0.3 is 0 Å². The van der Waals surface area contributed by atoms with Crippen LogP contribution < -0.4 is 16.2 Å². The number of hydrogen-bond donors (Lipinski definition) is 2. The van der Waals surface area contributed by atoms with Gasteiger partial charge in [-0.3, -0.25) is 9.78 Å². The average Bonchev–Trinajstić information content (AvgIpc) is 3.58. The van der Waals surface area contributed by atoms with Gasteiger partial charge < -0.3 is 10.6 Å². The normalized spacial score (nSPS) is 15.8. The highest BCUT2D eigenvalue weighted by Gasteiger charge is 2.31. The van der Waals surface area contributed by atoms with E-state index in [0.717, 1.165) is 44.2 Å². The number of nitrogens with zero attached hydrogens (tertiary/aromatic N) is 5. The SMILES string of the molecule is O=c1c2cnc(Nc3ccc4c(c3)CCNC4)nc2n(-c2ccncc2F)n1C1CC1. The number of hydrogen-bond acceptors (Lipinski definition) is 6. The van der Waals surface area contributed by atoms with Gasteiger partial charge in [0.15, 0.2) is 11.5 Å². The van der Waals surface area contributed by atoms with E-state index in [0.29, 0.717) is 17.0 Å². The molecule has 1 saturated carbocycles. The van der Waals surface area contributed by atoms with Crippen molar-refractivity contribution in [1.29, 1.82) is 0 Å². The summed E-state index contributed by atoms with van der Waals surface area (Å²) in [6, 6.07) is 7.78. The molecule has 156 valence electrons. The summed E-state index contributed by atoms with van der Waals surface area (Å²) < 4.78 is 17.8. The van der Waals surface area contributed by atoms with Crippen molar-refractivity contribution < 1.29 is 4.39 Å². The van der Waals surface area contributed by atoms with E-state index < -0.39 is 5.82 Å². The molecule has 6 rings (SSSR count). The first-order valence-electron chi connectivity index (χ1n) is 10.4. The van der Waals surface area contributed by atoms with Gasteiger partial charge in [0.2, 0.25) is 5.95 Å². The maximum absolute atomic E-state index is 14.6. The van der Waals surface area contributed by atoms with Crippen LogP contribution in [0.5, 0.6) is 0 Å². The molecule has 1 aromatic carbocycles. The first-order chi connectivity index (χ1) is 15.2. The average molecular weight is 417 g/mol. The van der Waals surface area contributed by atoms with E-state index >= 15 is 0 Å². The lowest BCUT2D eigenvalue weighted by molar-refractivity contribution is 0.532. The lowest BCUT2D eigenvalue weighted by Gasteiger charge is -2.18. The molecule has 4 aromatic rings. The summed E-state index contributed by atoms with van der Waals surface area (Å²) in [5.74, 6) is -0.150. The third-order valence-electron chi connectivity index (χ3n) is 5.84. The second-order valence-corrected chi connectivity index (χ2v) is 7.99. The van der Waals surface area contributed by atoms with Crippen LogP contribution in [0.15, 0.2) is 47.7 Å². The van der Waals surface area contributed by atoms with Crippen molar-refractivity contribution in [3.05, 3.63) is 70.2 Å². The lowest BCUT2D eigenvalue weighted by atomic mass is 10.0. The number of benzene rings is 1. The highest BCUT2D eigenvalue weighted by Crippen LogP contribution is 2.36. The van der Waals surface area contributed by atoms with Gasteiger partial charge in [0.25, 0.3) is 5.56 Å². The molecule has 0 atom stereocenters. The van der Waals surface area contributed by atoms with E-state index in [9.17, 15) is 9.18 Å². The van der Waals surface area contributed by atoms with Crippen molar-refractivity contribution in [1.82, 2.24) is 29.6 Å². The monoisotopic (exact) mass is 417 g/mol. The van der Waals surface area contributed by atoms with Crippen LogP contribution in [0.1, 0.15) is 30.0 Å². The molecule has 8 nitrogen and oxygen atoms in total. The molecule has 0 radical (unpaired) electrons. The Hall–Kier alpha value is -3.59. The molecular weight excluding hydrogens is 397 g/mol. The molecule has 3 aromatic heterocycles. The van der Waals surface area contributed by atoms with Crippen LogP contribution in [0.4, 0.5) is 16.0 Å². The minimum Gasteiger partial charge on any atom is -0.324 e. The molecule has 2 N–H and O–H groups in total. The van der Waals surface area contributed by atoms with Crippen LogP contribution in [0.25, 0.3) is 16.7 Å². The molecule has 4 heterocycles. The van der Waals surface area contributed by atoms with Crippen molar-refractivity contribution in [2.45, 2.75) is 31.8 Å². The number of fused-ring (bicyclic) bond motifs is 2. The van der Waals surface area contributed by atoms with E-state index in [4.69, 9.17) is 0 Å². The number of nitrogens with one attached hydrogen (secondary N) is 2. The van der Waals surface area contributed by atoms with Crippen LogP contribution in [0.2, 0.25) is 0 Å². The fourth-order valence-electron chi connectivity index (χ4n) is 4.16. The molecule has 31 heavy (non-hydrogen) atoms. The van der Waals surface area contributed by atoms with Crippen molar-refractivity contribution in [3.8, 4) is 5.69 Å². The van der Waals surface area contributed by atoms with E-state index in [1.54, 1.807) is 15.4 Å². The van der Waals surface area contributed by atoms with E-state index in [2.05, 4.69) is 37.7 Å². The zero-order valence-corrected chi connectivity index (χ0v) is 16.7. The van der Waals surface area contributed by atoms with Crippen molar-refractivity contribution >= 4 is 22.7 Å². The summed E-state index contributed by atoms with van der Waals surface area (Å²) in [5.41, 5.74) is 3.88. The van der Waals surface area contributed by atoms with Gasteiger partial charge in [-0.05, 0) is 55.1 Å². The van der Waals surface area contributed by atoms with Crippen LogP contribution in [-0.2, 0) is 13.0 Å². The number of halogens is 1. The van der Waals surface area contributed by atoms with Crippen LogP contribution in [-0.4, -0.2) is 30.9 Å². The Bertz CT molecular complexity index is 1370. The third kappa shape index (κ3) is 3.09. The first-order valence-corrected chi connectivity index (χ1v) is 10.4. The van der Waals surface area contributed by atoms with Gasteiger partial charge in [-0.1, -0.05) is 6.07 Å². The Labute approximate surface area is 176 Å². The minimum absolute atomic E-state index is 0.0416. The summed E-state index contributed by atoms with van der Waals surface area (Å²) >= 11 is 0. The van der Waals surface area contributed by atoms with Gasteiger partial charge in [-0.15, -0.1) is 0 Å². The Morgan fingerprint density at radius 1 is 1.16 bits per heavy atom. The summed E-state index contributed by atoms with van der Waals surface area (Å²) in [4.78, 5) is 25.8. The number of rotatable bonds is 4. The molecule has 0 bridgehead atoms. The highest BCUT2D eigenvalue weighted by atomic mass is 19.1. The molecule has 9 heteroatoms. The topological polar surface area (TPSA) is 89.7 Å². The van der Waals surface area contributed by atoms with Crippen molar-refractivity contribution in [2.24, 2.45) is 0 Å². The second kappa shape index (κ2) is 6.98. The van der Waals surface area contributed by atoms with Gasteiger partial charge in [0.1, 0.15) is 11.1 Å². The van der Waals surface area contributed by atoms with E-state index in [-0.39, 0.29) is 17.3 Å². The third-order valence-corrected chi connectivity index (χ3v) is 5.84. The standard InChI is InChI=1S/C22H20FN7O/c23-18-12-25-8-6-19(18)30-20-17(21(31)29(30)16-3-4-16)11-26-22(28-20)27-15-2-1-14-10-24-7-5-13(14)9-15/h1-2,6,8-9,11-12,16,24H,3-5,7,10H2,(H,26,27,28). The van der Waals surface area contributed by atoms with E-state index in [1.807, 2.05) is 6.07 Å². The first kappa shape index (κ1) is 18.2. The fraction of sp³-hybridized carbons (Fsp3) is 0.273. The molecule has 1 aliphatic heterocycles. The van der Waals surface area contributed by atoms with Crippen LogP contribution in [0, 0.1) is 5.82 Å². The largest absolute Gasteiger partial charge is 0.324 e. The predicted molar refractivity (Wildman–Crippen MR) is 114 cm³/mol. The Balaban J connectivity index is 1.47. The van der Waals surface area contributed by atoms with Gasteiger partial charge in [-0.25, -0.2) is 18.7 Å². The van der Waals surface area contributed by atoms with E-state index in [1.165, 1.54) is 23.5 Å². The molecule has 1 aliphatic carbocycles. The summed E-state index contributed by atoms with van der Waals surface area (Å²) in [5, 5.41) is 6.97. The Kier molecular flexibility index (Phi) is 4.10. The van der Waals surface area contributed by atoms with Crippen LogP contribution >= 0.6 is 0 Å².